The van der Waals surface area contributed by atoms with Gasteiger partial charge in [-0.25, -0.2) is 4.79 Å². The van der Waals surface area contributed by atoms with Gasteiger partial charge in [0.2, 0.25) is 0 Å². The Labute approximate surface area is 211 Å². The van der Waals surface area contributed by atoms with Crippen LogP contribution >= 0.6 is 11.8 Å². The third kappa shape index (κ3) is 6.51. The molecule has 1 aromatic rings. The van der Waals surface area contributed by atoms with E-state index in [0.29, 0.717) is 31.7 Å². The van der Waals surface area contributed by atoms with Crippen molar-refractivity contribution < 1.29 is 28.5 Å². The summed E-state index contributed by atoms with van der Waals surface area (Å²) in [6, 6.07) is 7.28. The Bertz CT molecular complexity index is 894. The molecule has 3 heterocycles. The summed E-state index contributed by atoms with van der Waals surface area (Å²) >= 11 is 1.29. The Balaban J connectivity index is 1.55. The first-order chi connectivity index (χ1) is 17.0. The molecular formula is C26H36N2O6S. The van der Waals surface area contributed by atoms with Gasteiger partial charge in [-0.05, 0) is 56.2 Å². The summed E-state index contributed by atoms with van der Waals surface area (Å²) < 4.78 is 23.4. The fourth-order valence-corrected chi connectivity index (χ4v) is 6.17. The van der Waals surface area contributed by atoms with Crippen molar-refractivity contribution in [1.29, 1.82) is 0 Å². The van der Waals surface area contributed by atoms with Crippen molar-refractivity contribution in [3.05, 3.63) is 42.0 Å². The maximum atomic E-state index is 12.9. The number of amides is 2. The zero-order valence-electron chi connectivity index (χ0n) is 20.6. The van der Waals surface area contributed by atoms with Crippen LogP contribution < -0.4 is 10.1 Å². The molecule has 0 spiro atoms. The van der Waals surface area contributed by atoms with E-state index in [1.807, 2.05) is 29.2 Å². The second-order valence-corrected chi connectivity index (χ2v) is 10.3. The van der Waals surface area contributed by atoms with E-state index in [1.54, 1.807) is 14.2 Å². The number of carbonyl (C=O) groups is 2. The number of cyclic esters (lactones) is 1. The molecule has 2 amide bonds. The van der Waals surface area contributed by atoms with Gasteiger partial charge >= 0.3 is 6.09 Å². The highest BCUT2D eigenvalue weighted by Crippen LogP contribution is 2.42. The first kappa shape index (κ1) is 25.9. The third-order valence-corrected chi connectivity index (χ3v) is 7.88. The summed E-state index contributed by atoms with van der Waals surface area (Å²) in [5, 5.41) is 3.04. The number of fused-ring (bicyclic) bond motifs is 2. The van der Waals surface area contributed by atoms with E-state index in [9.17, 15) is 9.59 Å². The lowest BCUT2D eigenvalue weighted by Gasteiger charge is -2.48. The number of allylic oxidation sites excluding steroid dienone is 2. The third-order valence-electron chi connectivity index (χ3n) is 6.92. The monoisotopic (exact) mass is 504 g/mol. The van der Waals surface area contributed by atoms with Gasteiger partial charge in [0.25, 0.3) is 5.24 Å². The molecule has 1 aromatic carbocycles. The zero-order valence-corrected chi connectivity index (χ0v) is 21.4. The van der Waals surface area contributed by atoms with Gasteiger partial charge < -0.3 is 29.2 Å². The van der Waals surface area contributed by atoms with Gasteiger partial charge in [0, 0.05) is 31.9 Å². The first-order valence-corrected chi connectivity index (χ1v) is 13.4. The Hall–Kier alpha value is -2.23. The molecule has 2 bridgehead atoms. The summed E-state index contributed by atoms with van der Waals surface area (Å²) in [6.07, 6.45) is 9.53. The van der Waals surface area contributed by atoms with E-state index in [1.165, 1.54) is 11.8 Å². The quantitative estimate of drug-likeness (QED) is 0.573. The number of alkyl carbamates (subject to hydrolysis) is 1. The maximum absolute atomic E-state index is 12.9. The van der Waals surface area contributed by atoms with Crippen LogP contribution in [0.2, 0.25) is 0 Å². The van der Waals surface area contributed by atoms with Crippen LogP contribution in [0, 0.1) is 0 Å². The number of rotatable bonds is 5. The van der Waals surface area contributed by atoms with Crippen LogP contribution in [-0.2, 0) is 20.8 Å². The van der Waals surface area contributed by atoms with Crippen LogP contribution in [-0.4, -0.2) is 66.8 Å². The maximum Gasteiger partial charge on any atom is 0.407 e. The Morgan fingerprint density at radius 1 is 1.14 bits per heavy atom. The molecule has 0 aliphatic carbocycles. The molecule has 3 aliphatic heterocycles. The van der Waals surface area contributed by atoms with E-state index < -0.39 is 11.9 Å². The van der Waals surface area contributed by atoms with E-state index in [0.717, 1.165) is 43.4 Å². The molecule has 4 atom stereocenters. The minimum Gasteiger partial charge on any atom is -0.497 e. The Morgan fingerprint density at radius 2 is 1.91 bits per heavy atom. The highest BCUT2D eigenvalue weighted by atomic mass is 32.2. The van der Waals surface area contributed by atoms with Crippen molar-refractivity contribution in [3.8, 4) is 5.75 Å². The second kappa shape index (κ2) is 12.1. The number of carbonyl (C=O) groups excluding carboxylic acids is 2. The highest BCUT2D eigenvalue weighted by Gasteiger charge is 2.53. The van der Waals surface area contributed by atoms with Gasteiger partial charge in [0.05, 0.1) is 25.9 Å². The van der Waals surface area contributed by atoms with E-state index in [4.69, 9.17) is 18.9 Å². The van der Waals surface area contributed by atoms with Crippen molar-refractivity contribution in [2.75, 3.05) is 26.6 Å². The molecule has 0 radical (unpaired) electrons. The summed E-state index contributed by atoms with van der Waals surface area (Å²) in [5.41, 5.74) is 1.00. The topological polar surface area (TPSA) is 86.3 Å². The summed E-state index contributed by atoms with van der Waals surface area (Å²) in [5.74, 6) is 0.323. The van der Waals surface area contributed by atoms with Gasteiger partial charge in [-0.2, -0.15) is 0 Å². The van der Waals surface area contributed by atoms with Gasteiger partial charge in [-0.1, -0.05) is 36.0 Å². The van der Waals surface area contributed by atoms with Crippen LogP contribution in [0.4, 0.5) is 9.59 Å². The molecule has 35 heavy (non-hydrogen) atoms. The molecule has 1 N–H and O–H groups in total. The van der Waals surface area contributed by atoms with Crippen LogP contribution in [0.15, 0.2) is 36.4 Å². The van der Waals surface area contributed by atoms with Crippen molar-refractivity contribution in [2.24, 2.45) is 0 Å². The van der Waals surface area contributed by atoms with Gasteiger partial charge in [-0.3, -0.25) is 4.79 Å². The number of nitrogens with zero attached hydrogens (tertiary/aromatic N) is 1. The smallest absolute Gasteiger partial charge is 0.407 e. The minimum absolute atomic E-state index is 0.00386. The fourth-order valence-electron chi connectivity index (χ4n) is 5.08. The van der Waals surface area contributed by atoms with Gasteiger partial charge in [0.1, 0.15) is 5.75 Å². The van der Waals surface area contributed by atoms with E-state index >= 15 is 0 Å². The summed E-state index contributed by atoms with van der Waals surface area (Å²) in [7, 11) is 3.27. The molecule has 2 fully saturated rings. The second-order valence-electron chi connectivity index (χ2n) is 9.29. The normalized spacial score (nSPS) is 31.3. The lowest BCUT2D eigenvalue weighted by Crippen LogP contribution is -2.62. The fraction of sp³-hybridized carbons (Fsp3) is 0.615. The van der Waals surface area contributed by atoms with E-state index in [-0.39, 0.29) is 23.4 Å². The highest BCUT2D eigenvalue weighted by molar-refractivity contribution is 8.13. The number of hydrogen-bond acceptors (Lipinski definition) is 7. The molecule has 0 aromatic heterocycles. The molecular weight excluding hydrogens is 468 g/mol. The largest absolute Gasteiger partial charge is 0.497 e. The standard InChI is InChI=1S/C26H36N2O6S/c1-31-21-12-10-19(11-13-21)17-28-23(18-35-25(28)30)26(32-2)16-20-15-22(34-26)9-7-5-3-4-6-8-14-33-24(29)27-20/h3-4,10-13,20,22-23H,5-9,14-18H2,1-2H3,(H,27,29)/b4-3-/t20-,22?,23-,26-/m1/s1. The predicted octanol–water partition coefficient (Wildman–Crippen LogP) is 4.87. The van der Waals surface area contributed by atoms with Gasteiger partial charge in [0.15, 0.2) is 5.79 Å². The van der Waals surface area contributed by atoms with E-state index in [2.05, 4.69) is 17.5 Å². The van der Waals surface area contributed by atoms with Crippen molar-refractivity contribution >= 4 is 23.1 Å². The molecule has 0 saturated carbocycles. The lowest BCUT2D eigenvalue weighted by molar-refractivity contribution is -0.294. The number of hydrogen-bond donors (Lipinski definition) is 1. The molecule has 4 rings (SSSR count). The lowest BCUT2D eigenvalue weighted by atomic mass is 9.89. The molecule has 9 heteroatoms. The molecule has 3 aliphatic rings. The predicted molar refractivity (Wildman–Crippen MR) is 135 cm³/mol. The van der Waals surface area contributed by atoms with Crippen molar-refractivity contribution in [1.82, 2.24) is 10.2 Å². The summed E-state index contributed by atoms with van der Waals surface area (Å²) in [6.45, 7) is 0.839. The first-order valence-electron chi connectivity index (χ1n) is 12.4. The van der Waals surface area contributed by atoms with Crippen molar-refractivity contribution in [3.63, 3.8) is 0 Å². The van der Waals surface area contributed by atoms with Gasteiger partial charge in [-0.15, -0.1) is 0 Å². The number of methoxy groups -OCH3 is 2. The van der Waals surface area contributed by atoms with Crippen LogP contribution in [0.1, 0.15) is 50.5 Å². The number of thioether (sulfide) groups is 1. The number of ether oxygens (including phenoxy) is 4. The number of nitrogens with one attached hydrogen (secondary N) is 1. The van der Waals surface area contributed by atoms with Crippen LogP contribution in [0.5, 0.6) is 5.75 Å². The van der Waals surface area contributed by atoms with Crippen LogP contribution in [0.3, 0.4) is 0 Å². The average molecular weight is 505 g/mol. The molecule has 8 nitrogen and oxygen atoms in total. The average Bonchev–Trinajstić information content (AvgIpc) is 3.23. The SMILES string of the molecule is COc1ccc(CN2C(=O)SC[C@@H]2[C@@]2(OC)C[C@H]3CC(CCC/C=C\CCCOC(=O)N3)O2)cc1. The zero-order chi connectivity index (χ0) is 24.7. The Kier molecular flexibility index (Phi) is 8.97. The molecule has 2 saturated heterocycles. The Morgan fingerprint density at radius 3 is 2.66 bits per heavy atom. The van der Waals surface area contributed by atoms with Crippen LogP contribution in [0.25, 0.3) is 0 Å². The number of benzene rings is 1. The minimum atomic E-state index is -1.01. The molecule has 192 valence electrons. The molecule has 1 unspecified atom stereocenters. The summed E-state index contributed by atoms with van der Waals surface area (Å²) in [4.78, 5) is 27.3. The van der Waals surface area contributed by atoms with Crippen molar-refractivity contribution in [2.45, 2.75) is 75.5 Å².